The Hall–Kier alpha value is -2.88. The minimum Gasteiger partial charge on any atom is -0.465 e. The van der Waals surface area contributed by atoms with Crippen LogP contribution in [0.5, 0.6) is 0 Å². The quantitative estimate of drug-likeness (QED) is 0.409. The van der Waals surface area contributed by atoms with Crippen molar-refractivity contribution < 1.29 is 19.4 Å². The van der Waals surface area contributed by atoms with Gasteiger partial charge in [0.05, 0.1) is 23.2 Å². The molecule has 0 bridgehead atoms. The normalized spacial score (nSPS) is 15.1. The predicted molar refractivity (Wildman–Crippen MR) is 145 cm³/mol. The number of carbonyl (C=O) groups is 2. The van der Waals surface area contributed by atoms with E-state index in [0.29, 0.717) is 23.2 Å². The van der Waals surface area contributed by atoms with Gasteiger partial charge in [-0.2, -0.15) is 0 Å². The molecule has 4 rings (SSSR count). The van der Waals surface area contributed by atoms with Gasteiger partial charge in [0, 0.05) is 52.4 Å². The lowest BCUT2D eigenvalue weighted by Gasteiger charge is -2.37. The van der Waals surface area contributed by atoms with E-state index in [1.54, 1.807) is 6.92 Å². The molecule has 0 saturated carbocycles. The molecule has 2 N–H and O–H groups in total. The van der Waals surface area contributed by atoms with Gasteiger partial charge in [0.1, 0.15) is 5.82 Å². The number of rotatable bonds is 6. The zero-order valence-electron chi connectivity index (χ0n) is 20.9. The first-order valence-electron chi connectivity index (χ1n) is 11.9. The number of amides is 2. The molecule has 1 fully saturated rings. The topological polar surface area (TPSA) is 95.0 Å². The molecule has 2 amide bonds. The summed E-state index contributed by atoms with van der Waals surface area (Å²) in [5, 5.41) is 13.5. The Morgan fingerprint density at radius 2 is 1.97 bits per heavy atom. The third-order valence-corrected chi connectivity index (χ3v) is 7.28. The van der Waals surface area contributed by atoms with Gasteiger partial charge < -0.3 is 25.0 Å². The minimum absolute atomic E-state index is 0.0485. The number of aromatic nitrogens is 1. The Kier molecular flexibility index (Phi) is 7.73. The van der Waals surface area contributed by atoms with Crippen molar-refractivity contribution in [2.45, 2.75) is 45.7 Å². The summed E-state index contributed by atoms with van der Waals surface area (Å²) in [5.74, 6) is 0.630. The van der Waals surface area contributed by atoms with E-state index in [0.717, 1.165) is 40.3 Å². The summed E-state index contributed by atoms with van der Waals surface area (Å²) in [6.45, 7) is 10.0. The standard InChI is InChI=1S/C26H31ClN4O4S/c1-16(31(25(33)34)26(2,3)4)12-23(32)28-18-7-5-6-17(13-18)20-15-21-19(14-22(27)36-21)24(29-20)30-8-10-35-11-9-30/h5-7,13-16H,8-12H2,1-4H3,(H,28,32)(H,33,34). The highest BCUT2D eigenvalue weighted by molar-refractivity contribution is 7.22. The second-order valence-electron chi connectivity index (χ2n) is 9.90. The Labute approximate surface area is 219 Å². The average molecular weight is 531 g/mol. The summed E-state index contributed by atoms with van der Waals surface area (Å²) in [7, 11) is 0. The van der Waals surface area contributed by atoms with Crippen molar-refractivity contribution in [3.8, 4) is 11.3 Å². The fraction of sp³-hybridized carbons (Fsp3) is 0.423. The number of hydrogen-bond acceptors (Lipinski definition) is 6. The predicted octanol–water partition coefficient (Wildman–Crippen LogP) is 5.95. The summed E-state index contributed by atoms with van der Waals surface area (Å²) in [6, 6.07) is 11.0. The van der Waals surface area contributed by atoms with Crippen LogP contribution in [0.15, 0.2) is 36.4 Å². The summed E-state index contributed by atoms with van der Waals surface area (Å²) in [4.78, 5) is 33.0. The number of fused-ring (bicyclic) bond motifs is 1. The lowest BCUT2D eigenvalue weighted by Crippen LogP contribution is -2.51. The summed E-state index contributed by atoms with van der Waals surface area (Å²) in [6.07, 6.45) is -0.997. The van der Waals surface area contributed by atoms with Gasteiger partial charge in [-0.05, 0) is 52.0 Å². The zero-order valence-corrected chi connectivity index (χ0v) is 22.4. The molecule has 0 radical (unpaired) electrons. The maximum absolute atomic E-state index is 12.8. The number of anilines is 2. The largest absolute Gasteiger partial charge is 0.465 e. The van der Waals surface area contributed by atoms with Crippen molar-refractivity contribution in [2.24, 2.45) is 0 Å². The van der Waals surface area contributed by atoms with Crippen molar-refractivity contribution in [3.63, 3.8) is 0 Å². The molecule has 3 heterocycles. The summed E-state index contributed by atoms with van der Waals surface area (Å²) >= 11 is 7.86. The van der Waals surface area contributed by atoms with E-state index in [2.05, 4.69) is 10.2 Å². The van der Waals surface area contributed by atoms with Gasteiger partial charge in [-0.1, -0.05) is 23.7 Å². The van der Waals surface area contributed by atoms with Crippen LogP contribution in [0, 0.1) is 0 Å². The first kappa shape index (κ1) is 26.2. The molecule has 0 aliphatic carbocycles. The zero-order chi connectivity index (χ0) is 26.0. The van der Waals surface area contributed by atoms with Crippen molar-refractivity contribution in [2.75, 3.05) is 36.5 Å². The van der Waals surface area contributed by atoms with Crippen molar-refractivity contribution in [3.05, 3.63) is 40.7 Å². The molecule has 10 heteroatoms. The first-order valence-corrected chi connectivity index (χ1v) is 13.1. The number of thiophene rings is 1. The Morgan fingerprint density at radius 3 is 2.64 bits per heavy atom. The first-order chi connectivity index (χ1) is 17.0. The number of halogens is 1. The molecule has 0 spiro atoms. The molecule has 1 saturated heterocycles. The summed E-state index contributed by atoms with van der Waals surface area (Å²) < 4.78 is 7.27. The van der Waals surface area contributed by atoms with E-state index in [9.17, 15) is 14.7 Å². The van der Waals surface area contributed by atoms with Crippen LogP contribution in [0.25, 0.3) is 21.3 Å². The van der Waals surface area contributed by atoms with Crippen LogP contribution in [-0.2, 0) is 9.53 Å². The highest BCUT2D eigenvalue weighted by Crippen LogP contribution is 2.38. The Bertz CT molecular complexity index is 1270. The number of hydrogen-bond donors (Lipinski definition) is 2. The van der Waals surface area contributed by atoms with E-state index < -0.39 is 17.7 Å². The number of nitrogens with one attached hydrogen (secondary N) is 1. The second kappa shape index (κ2) is 10.6. The minimum atomic E-state index is -1.05. The average Bonchev–Trinajstić information content (AvgIpc) is 3.17. The van der Waals surface area contributed by atoms with Crippen LogP contribution >= 0.6 is 22.9 Å². The number of ether oxygens (including phenoxy) is 1. The van der Waals surface area contributed by atoms with Gasteiger partial charge in [-0.25, -0.2) is 9.78 Å². The molecule has 192 valence electrons. The Morgan fingerprint density at radius 1 is 1.25 bits per heavy atom. The van der Waals surface area contributed by atoms with Crippen LogP contribution in [-0.4, -0.2) is 64.9 Å². The molecule has 36 heavy (non-hydrogen) atoms. The smallest absolute Gasteiger partial charge is 0.407 e. The number of carbonyl (C=O) groups excluding carboxylic acids is 1. The molecule has 1 atom stereocenters. The van der Waals surface area contributed by atoms with E-state index in [1.165, 1.54) is 16.2 Å². The molecule has 1 unspecified atom stereocenters. The molecule has 8 nitrogen and oxygen atoms in total. The number of benzene rings is 1. The fourth-order valence-electron chi connectivity index (χ4n) is 4.62. The number of nitrogens with zero attached hydrogens (tertiary/aromatic N) is 3. The summed E-state index contributed by atoms with van der Waals surface area (Å²) in [5.41, 5.74) is 1.67. The molecule has 1 aliphatic heterocycles. The van der Waals surface area contributed by atoms with Gasteiger partial charge in [0.25, 0.3) is 0 Å². The fourth-order valence-corrected chi connectivity index (χ4v) is 5.79. The number of carboxylic acid groups (broad SMARTS) is 1. The Balaban J connectivity index is 1.57. The van der Waals surface area contributed by atoms with E-state index in [1.807, 2.05) is 57.2 Å². The van der Waals surface area contributed by atoms with Gasteiger partial charge in [0.2, 0.25) is 5.91 Å². The van der Waals surface area contributed by atoms with E-state index >= 15 is 0 Å². The van der Waals surface area contributed by atoms with Crippen LogP contribution in [0.3, 0.4) is 0 Å². The van der Waals surface area contributed by atoms with Crippen molar-refractivity contribution >= 4 is 56.5 Å². The SMILES string of the molecule is CC(CC(=O)Nc1cccc(-c2cc3sc(Cl)cc3c(N3CCOCC3)n2)c1)N(C(=O)O)C(C)(C)C. The monoisotopic (exact) mass is 530 g/mol. The maximum Gasteiger partial charge on any atom is 0.407 e. The highest BCUT2D eigenvalue weighted by Gasteiger charge is 2.31. The molecular formula is C26H31ClN4O4S. The third kappa shape index (κ3) is 5.91. The number of pyridine rings is 1. The van der Waals surface area contributed by atoms with Crippen LogP contribution in [0.2, 0.25) is 4.34 Å². The van der Waals surface area contributed by atoms with E-state index in [-0.39, 0.29) is 12.3 Å². The van der Waals surface area contributed by atoms with Crippen molar-refractivity contribution in [1.29, 1.82) is 0 Å². The molecule has 2 aromatic heterocycles. The molecule has 3 aromatic rings. The van der Waals surface area contributed by atoms with Crippen molar-refractivity contribution in [1.82, 2.24) is 9.88 Å². The second-order valence-corrected chi connectivity index (χ2v) is 11.6. The van der Waals surface area contributed by atoms with Gasteiger partial charge >= 0.3 is 6.09 Å². The number of morpholine rings is 1. The van der Waals surface area contributed by atoms with Crippen LogP contribution < -0.4 is 10.2 Å². The molecule has 1 aliphatic rings. The van der Waals surface area contributed by atoms with Gasteiger partial charge in [-0.15, -0.1) is 11.3 Å². The van der Waals surface area contributed by atoms with Crippen LogP contribution in [0.4, 0.5) is 16.3 Å². The van der Waals surface area contributed by atoms with Gasteiger partial charge in [-0.3, -0.25) is 4.79 Å². The van der Waals surface area contributed by atoms with Gasteiger partial charge in [0.15, 0.2) is 0 Å². The molecular weight excluding hydrogens is 500 g/mol. The lowest BCUT2D eigenvalue weighted by atomic mass is 10.0. The highest BCUT2D eigenvalue weighted by atomic mass is 35.5. The maximum atomic E-state index is 12.8. The van der Waals surface area contributed by atoms with E-state index in [4.69, 9.17) is 21.3 Å². The lowest BCUT2D eigenvalue weighted by molar-refractivity contribution is -0.117. The van der Waals surface area contributed by atoms with Crippen LogP contribution in [0.1, 0.15) is 34.1 Å². The third-order valence-electron chi connectivity index (χ3n) is 6.07. The molecule has 1 aromatic carbocycles.